The van der Waals surface area contributed by atoms with Gasteiger partial charge in [-0.05, 0) is 43.7 Å². The van der Waals surface area contributed by atoms with E-state index in [1.54, 1.807) is 24.4 Å². The molecule has 0 aliphatic heterocycles. The lowest BCUT2D eigenvalue weighted by Crippen LogP contribution is -2.40. The zero-order valence-corrected chi connectivity index (χ0v) is 16.7. The first-order valence-corrected chi connectivity index (χ1v) is 9.80. The van der Waals surface area contributed by atoms with Crippen molar-refractivity contribution < 1.29 is 9.53 Å². The molecule has 1 aliphatic rings. The van der Waals surface area contributed by atoms with Crippen molar-refractivity contribution in [3.05, 3.63) is 58.4 Å². The summed E-state index contributed by atoms with van der Waals surface area (Å²) in [4.78, 5) is 24.3. The molecular formula is C21H23ClN4O2. The third-order valence-corrected chi connectivity index (χ3v) is 5.15. The number of nitrogens with zero attached hydrogens (tertiary/aromatic N) is 3. The number of benzene rings is 1. The summed E-state index contributed by atoms with van der Waals surface area (Å²) in [6, 6.07) is 5.23. The molecule has 1 amide bonds. The lowest BCUT2D eigenvalue weighted by Gasteiger charge is -2.29. The van der Waals surface area contributed by atoms with E-state index in [0.717, 1.165) is 31.4 Å². The second-order valence-corrected chi connectivity index (χ2v) is 7.68. The molecule has 0 saturated heterocycles. The molecule has 146 valence electrons. The van der Waals surface area contributed by atoms with E-state index in [1.807, 2.05) is 13.8 Å². The van der Waals surface area contributed by atoms with Gasteiger partial charge >= 0.3 is 0 Å². The monoisotopic (exact) mass is 398 g/mol. The first-order valence-electron chi connectivity index (χ1n) is 9.42. The van der Waals surface area contributed by atoms with Gasteiger partial charge in [-0.25, -0.2) is 9.83 Å². The van der Waals surface area contributed by atoms with Gasteiger partial charge in [0.2, 0.25) is 5.69 Å². The molecule has 6 nitrogen and oxygen atoms in total. The Bertz CT molecular complexity index is 869. The third kappa shape index (κ3) is 4.99. The van der Waals surface area contributed by atoms with Crippen molar-refractivity contribution in [3.63, 3.8) is 0 Å². The summed E-state index contributed by atoms with van der Waals surface area (Å²) >= 11 is 6.06. The summed E-state index contributed by atoms with van der Waals surface area (Å²) < 4.78 is 5.99. The number of amides is 1. The zero-order chi connectivity index (χ0) is 20.1. The van der Waals surface area contributed by atoms with Crippen molar-refractivity contribution in [1.29, 1.82) is 0 Å². The van der Waals surface area contributed by atoms with Gasteiger partial charge in [0.25, 0.3) is 5.91 Å². The van der Waals surface area contributed by atoms with E-state index in [1.165, 1.54) is 6.20 Å². The predicted octanol–water partition coefficient (Wildman–Crippen LogP) is 4.92. The number of carbonyl (C=O) groups excluding carboxylic acids is 1. The largest absolute Gasteiger partial charge is 0.490 e. The summed E-state index contributed by atoms with van der Waals surface area (Å²) in [7, 11) is 0. The number of ether oxygens (including phenoxy) is 1. The number of carbonyl (C=O) groups is 1. The number of nitrogens with one attached hydrogen (secondary N) is 1. The lowest BCUT2D eigenvalue weighted by atomic mass is 9.93. The molecule has 1 aromatic carbocycles. The van der Waals surface area contributed by atoms with Crippen LogP contribution >= 0.6 is 11.6 Å². The Morgan fingerprint density at radius 1 is 1.25 bits per heavy atom. The molecule has 0 radical (unpaired) electrons. The van der Waals surface area contributed by atoms with Crippen molar-refractivity contribution in [2.24, 2.45) is 0 Å². The Hall–Kier alpha value is -2.65. The highest BCUT2D eigenvalue weighted by Crippen LogP contribution is 2.31. The van der Waals surface area contributed by atoms with Crippen molar-refractivity contribution in [1.82, 2.24) is 15.3 Å². The molecule has 0 unspecified atom stereocenters. The molecule has 1 saturated carbocycles. The van der Waals surface area contributed by atoms with Crippen LogP contribution in [0.25, 0.3) is 4.85 Å². The summed E-state index contributed by atoms with van der Waals surface area (Å²) in [6.45, 7) is 11.1. The second-order valence-electron chi connectivity index (χ2n) is 7.27. The average molecular weight is 399 g/mol. The highest BCUT2D eigenvalue weighted by atomic mass is 35.5. The van der Waals surface area contributed by atoms with Gasteiger partial charge in [-0.1, -0.05) is 31.5 Å². The molecule has 1 aromatic heterocycles. The van der Waals surface area contributed by atoms with E-state index >= 15 is 0 Å². The van der Waals surface area contributed by atoms with Gasteiger partial charge in [-0.2, -0.15) is 0 Å². The van der Waals surface area contributed by atoms with Crippen LogP contribution in [0.15, 0.2) is 30.6 Å². The van der Waals surface area contributed by atoms with Gasteiger partial charge in [0, 0.05) is 12.2 Å². The van der Waals surface area contributed by atoms with Crippen molar-refractivity contribution in [2.75, 3.05) is 0 Å². The van der Waals surface area contributed by atoms with Gasteiger partial charge in [0.05, 0.1) is 29.6 Å². The normalized spacial score (nSPS) is 19.1. The molecular weight excluding hydrogens is 376 g/mol. The minimum atomic E-state index is -0.186. The molecule has 0 atom stereocenters. The maximum atomic E-state index is 12.4. The van der Waals surface area contributed by atoms with E-state index in [-0.39, 0.29) is 24.0 Å². The highest BCUT2D eigenvalue weighted by Gasteiger charge is 2.24. The maximum Gasteiger partial charge on any atom is 0.271 e. The fourth-order valence-corrected chi connectivity index (χ4v) is 3.39. The van der Waals surface area contributed by atoms with Crippen LogP contribution in [0.3, 0.4) is 0 Å². The first kappa shape index (κ1) is 20.1. The Morgan fingerprint density at radius 3 is 2.57 bits per heavy atom. The van der Waals surface area contributed by atoms with E-state index < -0.39 is 0 Å². The highest BCUT2D eigenvalue weighted by molar-refractivity contribution is 6.33. The molecule has 0 spiro atoms. The van der Waals surface area contributed by atoms with Gasteiger partial charge in [-0.3, -0.25) is 9.78 Å². The summed E-state index contributed by atoms with van der Waals surface area (Å²) in [5.41, 5.74) is 1.64. The van der Waals surface area contributed by atoms with Crippen LogP contribution < -0.4 is 10.1 Å². The summed E-state index contributed by atoms with van der Waals surface area (Å²) in [5.74, 6) is 0.770. The van der Waals surface area contributed by atoms with Crippen molar-refractivity contribution in [2.45, 2.75) is 57.6 Å². The van der Waals surface area contributed by atoms with Crippen LogP contribution in [0.4, 0.5) is 5.69 Å². The third-order valence-electron chi connectivity index (χ3n) is 4.85. The Kier molecular flexibility index (Phi) is 6.48. The van der Waals surface area contributed by atoms with Crippen LogP contribution in [-0.2, 0) is 0 Å². The fraction of sp³-hybridized carbons (Fsp3) is 0.429. The predicted molar refractivity (Wildman–Crippen MR) is 108 cm³/mol. The van der Waals surface area contributed by atoms with Crippen LogP contribution in [-0.4, -0.2) is 28.0 Å². The molecule has 1 aliphatic carbocycles. The topological polar surface area (TPSA) is 68.5 Å². The summed E-state index contributed by atoms with van der Waals surface area (Å²) in [6.07, 6.45) is 6.62. The molecule has 1 N–H and O–H groups in total. The standard InChI is InChI=1S/C21H23ClN4O2/c1-13(2)19-11-25-20(12-24-19)21(27)26-14-4-6-15(7-5-14)28-16-8-9-18(23-3)17(22)10-16/h8-15H,4-7H2,1-2H3,(H,26,27). The number of aromatic nitrogens is 2. The van der Waals surface area contributed by atoms with Gasteiger partial charge in [0.1, 0.15) is 11.4 Å². The number of halogens is 1. The Balaban J connectivity index is 1.49. The molecule has 3 rings (SSSR count). The lowest BCUT2D eigenvalue weighted by molar-refractivity contribution is 0.0888. The van der Waals surface area contributed by atoms with E-state index in [0.29, 0.717) is 22.2 Å². The first-order chi connectivity index (χ1) is 13.5. The maximum absolute atomic E-state index is 12.4. The second kappa shape index (κ2) is 9.03. The quantitative estimate of drug-likeness (QED) is 0.725. The minimum absolute atomic E-state index is 0.0770. The van der Waals surface area contributed by atoms with Crippen LogP contribution in [0.1, 0.15) is 61.6 Å². The van der Waals surface area contributed by atoms with Gasteiger partial charge in [-0.15, -0.1) is 0 Å². The summed E-state index contributed by atoms with van der Waals surface area (Å²) in [5, 5.41) is 3.44. The number of hydrogen-bond acceptors (Lipinski definition) is 4. The molecule has 0 bridgehead atoms. The van der Waals surface area contributed by atoms with E-state index in [9.17, 15) is 4.79 Å². The Morgan fingerprint density at radius 2 is 2.00 bits per heavy atom. The number of hydrogen-bond donors (Lipinski definition) is 1. The Labute approximate surface area is 170 Å². The van der Waals surface area contributed by atoms with E-state index in [4.69, 9.17) is 22.9 Å². The SMILES string of the molecule is [C-]#[N+]c1ccc(OC2CCC(NC(=O)c3cnc(C(C)C)cn3)CC2)cc1Cl. The minimum Gasteiger partial charge on any atom is -0.490 e. The molecule has 1 heterocycles. The average Bonchev–Trinajstić information content (AvgIpc) is 2.69. The number of rotatable bonds is 5. The molecule has 2 aromatic rings. The fourth-order valence-electron chi connectivity index (χ4n) is 3.18. The van der Waals surface area contributed by atoms with Crippen molar-refractivity contribution >= 4 is 23.2 Å². The zero-order valence-electron chi connectivity index (χ0n) is 16.0. The van der Waals surface area contributed by atoms with Crippen molar-refractivity contribution in [3.8, 4) is 5.75 Å². The smallest absolute Gasteiger partial charge is 0.271 e. The molecule has 28 heavy (non-hydrogen) atoms. The van der Waals surface area contributed by atoms with Gasteiger partial charge in [0.15, 0.2) is 0 Å². The van der Waals surface area contributed by atoms with Gasteiger partial charge < -0.3 is 10.1 Å². The van der Waals surface area contributed by atoms with E-state index in [2.05, 4.69) is 20.1 Å². The molecule has 1 fully saturated rings. The van der Waals surface area contributed by atoms with Crippen LogP contribution in [0.5, 0.6) is 5.75 Å². The molecule has 7 heteroatoms. The van der Waals surface area contributed by atoms with Crippen LogP contribution in [0, 0.1) is 6.57 Å². The van der Waals surface area contributed by atoms with Crippen LogP contribution in [0.2, 0.25) is 5.02 Å².